The van der Waals surface area contributed by atoms with Crippen molar-refractivity contribution in [2.45, 2.75) is 25.3 Å². The Bertz CT molecular complexity index is 959. The fourth-order valence-corrected chi connectivity index (χ4v) is 5.72. The number of para-hydroxylation sites is 1. The van der Waals surface area contributed by atoms with E-state index in [1.165, 1.54) is 18.4 Å². The molecular formula is C21H22N2O3. The molecule has 5 nitrogen and oxygen atoms in total. The highest BCUT2D eigenvalue weighted by Gasteiger charge is 2.63. The number of benzene rings is 1. The predicted molar refractivity (Wildman–Crippen MR) is 97.7 cm³/mol. The first-order valence-corrected chi connectivity index (χ1v) is 9.20. The fraction of sp³-hybridized carbons (Fsp3) is 0.429. The van der Waals surface area contributed by atoms with Gasteiger partial charge in [0.2, 0.25) is 0 Å². The summed E-state index contributed by atoms with van der Waals surface area (Å²) >= 11 is 0. The summed E-state index contributed by atoms with van der Waals surface area (Å²) in [7, 11) is 1.39. The number of methoxy groups -OCH3 is 1. The number of aromatic amines is 1. The van der Waals surface area contributed by atoms with Crippen molar-refractivity contribution in [3.63, 3.8) is 0 Å². The van der Waals surface area contributed by atoms with Crippen LogP contribution in [0.3, 0.4) is 0 Å². The number of rotatable bonds is 2. The van der Waals surface area contributed by atoms with Gasteiger partial charge in [0, 0.05) is 41.5 Å². The Morgan fingerprint density at radius 1 is 1.35 bits per heavy atom. The van der Waals surface area contributed by atoms with Crippen molar-refractivity contribution in [2.75, 3.05) is 20.2 Å². The van der Waals surface area contributed by atoms with Gasteiger partial charge in [0.25, 0.3) is 0 Å². The van der Waals surface area contributed by atoms with Crippen molar-refractivity contribution in [1.29, 1.82) is 0 Å². The molecule has 3 fully saturated rings. The van der Waals surface area contributed by atoms with Crippen LogP contribution in [0.5, 0.6) is 0 Å². The second-order valence-corrected chi connectivity index (χ2v) is 7.69. The molecule has 3 saturated heterocycles. The summed E-state index contributed by atoms with van der Waals surface area (Å²) in [6, 6.07) is 8.40. The maximum atomic E-state index is 13.1. The zero-order chi connectivity index (χ0) is 18.1. The third kappa shape index (κ3) is 1.69. The number of fused-ring (bicyclic) bond motifs is 2. The van der Waals surface area contributed by atoms with Gasteiger partial charge in [0.1, 0.15) is 11.7 Å². The lowest BCUT2D eigenvalue weighted by Crippen LogP contribution is -2.46. The highest BCUT2D eigenvalue weighted by molar-refractivity contribution is 5.98. The quantitative estimate of drug-likeness (QED) is 0.391. The Hall–Kier alpha value is -2.40. The maximum Gasteiger partial charge on any atom is 0.320 e. The Kier molecular flexibility index (Phi) is 3.23. The smallest absolute Gasteiger partial charge is 0.320 e. The SMILES string of the molecule is CC=C1CN2CC3c4c([nH]c5ccccc45)C2CC1C3(C=O)C(=O)OC. The number of nitrogens with one attached hydrogen (secondary N) is 1. The number of piperidine rings is 1. The summed E-state index contributed by atoms with van der Waals surface area (Å²) in [5, 5.41) is 1.12. The number of aromatic nitrogens is 1. The first-order valence-electron chi connectivity index (χ1n) is 9.20. The highest BCUT2D eigenvalue weighted by atomic mass is 16.5. The summed E-state index contributed by atoms with van der Waals surface area (Å²) in [5.41, 5.74) is 3.41. The van der Waals surface area contributed by atoms with Crippen LogP contribution in [0.4, 0.5) is 0 Å². The Morgan fingerprint density at radius 3 is 2.88 bits per heavy atom. The van der Waals surface area contributed by atoms with Crippen molar-refractivity contribution < 1.29 is 14.3 Å². The summed E-state index contributed by atoms with van der Waals surface area (Å²) in [6.45, 7) is 3.52. The predicted octanol–water partition coefficient (Wildman–Crippen LogP) is 2.95. The van der Waals surface area contributed by atoms with Gasteiger partial charge >= 0.3 is 5.97 Å². The normalized spacial score (nSPS) is 36.2. The molecule has 5 aliphatic rings. The molecule has 5 atom stereocenters. The summed E-state index contributed by atoms with van der Waals surface area (Å²) < 4.78 is 5.21. The number of carbonyl (C=O) groups excluding carboxylic acids is 2. The van der Waals surface area contributed by atoms with E-state index in [-0.39, 0.29) is 17.9 Å². The number of aldehydes is 1. The van der Waals surface area contributed by atoms with Crippen LogP contribution in [0.25, 0.3) is 10.9 Å². The molecule has 0 saturated carbocycles. The Balaban J connectivity index is 1.86. The van der Waals surface area contributed by atoms with Gasteiger partial charge in [-0.1, -0.05) is 29.8 Å². The van der Waals surface area contributed by atoms with Crippen LogP contribution in [0.15, 0.2) is 35.9 Å². The van der Waals surface area contributed by atoms with Gasteiger partial charge in [-0.25, -0.2) is 0 Å². The van der Waals surface area contributed by atoms with Gasteiger partial charge in [-0.3, -0.25) is 9.69 Å². The molecule has 1 aromatic heterocycles. The van der Waals surface area contributed by atoms with Crippen molar-refractivity contribution in [3.8, 4) is 0 Å². The number of hydrogen-bond donors (Lipinski definition) is 1. The zero-order valence-electron chi connectivity index (χ0n) is 15.0. The molecule has 5 heteroatoms. The number of carbonyl (C=O) groups is 2. The molecule has 2 aromatic rings. The maximum absolute atomic E-state index is 13.1. The first-order chi connectivity index (χ1) is 12.7. The lowest BCUT2D eigenvalue weighted by molar-refractivity contribution is -0.158. The molecule has 1 N–H and O–H groups in total. The van der Waals surface area contributed by atoms with Gasteiger partial charge in [-0.15, -0.1) is 0 Å². The van der Waals surface area contributed by atoms with Crippen LogP contribution in [0.1, 0.15) is 36.6 Å². The number of nitrogens with zero attached hydrogens (tertiary/aromatic N) is 1. The first kappa shape index (κ1) is 15.8. The fourth-order valence-electron chi connectivity index (χ4n) is 5.72. The Labute approximate surface area is 152 Å². The lowest BCUT2D eigenvalue weighted by Gasteiger charge is -2.39. The minimum absolute atomic E-state index is 0.106. The monoisotopic (exact) mass is 350 g/mol. The molecule has 5 unspecified atom stereocenters. The molecule has 1 aromatic carbocycles. The lowest BCUT2D eigenvalue weighted by atomic mass is 9.63. The number of H-pyrrole nitrogens is 1. The highest BCUT2D eigenvalue weighted by Crippen LogP contribution is 2.61. The molecule has 1 aliphatic carbocycles. The van der Waals surface area contributed by atoms with Crippen molar-refractivity contribution in [1.82, 2.24) is 9.88 Å². The van der Waals surface area contributed by atoms with E-state index in [4.69, 9.17) is 4.74 Å². The van der Waals surface area contributed by atoms with E-state index in [1.807, 2.05) is 19.1 Å². The number of allylic oxidation sites excluding steroid dienone is 1. The molecule has 7 rings (SSSR count). The van der Waals surface area contributed by atoms with E-state index in [0.717, 1.165) is 35.7 Å². The zero-order valence-corrected chi connectivity index (χ0v) is 15.0. The summed E-state index contributed by atoms with van der Waals surface area (Å²) in [6.07, 6.45) is 3.74. The van der Waals surface area contributed by atoms with Gasteiger partial charge in [-0.2, -0.15) is 0 Å². The molecule has 26 heavy (non-hydrogen) atoms. The van der Waals surface area contributed by atoms with Gasteiger partial charge in [-0.05, 0) is 25.0 Å². The van der Waals surface area contributed by atoms with Crippen LogP contribution < -0.4 is 0 Å². The van der Waals surface area contributed by atoms with E-state index in [2.05, 4.69) is 28.1 Å². The molecule has 0 amide bonds. The number of hydrogen-bond acceptors (Lipinski definition) is 4. The average molecular weight is 350 g/mol. The van der Waals surface area contributed by atoms with E-state index >= 15 is 0 Å². The number of ether oxygens (including phenoxy) is 1. The molecule has 0 radical (unpaired) electrons. The molecule has 4 bridgehead atoms. The third-order valence-corrected chi connectivity index (χ3v) is 6.87. The van der Waals surface area contributed by atoms with Crippen molar-refractivity contribution in [2.24, 2.45) is 11.3 Å². The topological polar surface area (TPSA) is 62.4 Å². The minimum Gasteiger partial charge on any atom is -0.468 e. The van der Waals surface area contributed by atoms with Gasteiger partial charge < -0.3 is 14.5 Å². The van der Waals surface area contributed by atoms with Crippen LogP contribution in [-0.4, -0.2) is 42.3 Å². The molecular weight excluding hydrogens is 328 g/mol. The van der Waals surface area contributed by atoms with E-state index in [1.54, 1.807) is 0 Å². The van der Waals surface area contributed by atoms with Crippen molar-refractivity contribution in [3.05, 3.63) is 47.2 Å². The van der Waals surface area contributed by atoms with E-state index in [9.17, 15) is 9.59 Å². The Morgan fingerprint density at radius 2 is 2.15 bits per heavy atom. The van der Waals surface area contributed by atoms with Gasteiger partial charge in [0.15, 0.2) is 0 Å². The van der Waals surface area contributed by atoms with Crippen LogP contribution in [-0.2, 0) is 14.3 Å². The second-order valence-electron chi connectivity index (χ2n) is 7.69. The molecule has 134 valence electrons. The molecule has 5 heterocycles. The summed E-state index contributed by atoms with van der Waals surface area (Å²) in [5.74, 6) is -0.701. The second kappa shape index (κ2) is 5.30. The molecule has 4 aliphatic heterocycles. The molecule has 0 spiro atoms. The van der Waals surface area contributed by atoms with E-state index in [0.29, 0.717) is 6.54 Å². The van der Waals surface area contributed by atoms with Crippen molar-refractivity contribution >= 4 is 23.2 Å². The third-order valence-electron chi connectivity index (χ3n) is 6.87. The van der Waals surface area contributed by atoms with Gasteiger partial charge in [0.05, 0.1) is 13.2 Å². The van der Waals surface area contributed by atoms with Crippen LogP contribution in [0, 0.1) is 11.3 Å². The summed E-state index contributed by atoms with van der Waals surface area (Å²) in [4.78, 5) is 31.7. The van der Waals surface area contributed by atoms with E-state index < -0.39 is 11.4 Å². The number of esters is 1. The van der Waals surface area contributed by atoms with Crippen LogP contribution >= 0.6 is 0 Å². The standard InChI is InChI=1S/C21H22N2O3/c1-3-12-9-23-10-15-18-13-6-4-5-7-16(13)22-19(18)17(23)8-14(12)21(15,11-24)20(25)26-2/h3-7,11,14-15,17,22H,8-10H2,1-2H3. The van der Waals surface area contributed by atoms with Crippen LogP contribution in [0.2, 0.25) is 0 Å². The minimum atomic E-state index is -1.16. The average Bonchev–Trinajstić information content (AvgIpc) is 2.90. The largest absolute Gasteiger partial charge is 0.468 e.